The van der Waals surface area contributed by atoms with Crippen molar-refractivity contribution in [3.8, 4) is 5.75 Å². The molecule has 2 aromatic carbocycles. The smallest absolute Gasteiger partial charge is 0.265 e. The number of carbonyl (C=O) groups excluding carboxylic acids is 2. The molecular weight excluding hydrogens is 396 g/mol. The highest BCUT2D eigenvalue weighted by Gasteiger charge is 2.29. The van der Waals surface area contributed by atoms with Gasteiger partial charge in [0, 0.05) is 4.88 Å². The number of nitrogens with one attached hydrogen (secondary N) is 2. The number of ether oxygens (including phenoxy) is 1. The Morgan fingerprint density at radius 2 is 1.80 bits per heavy atom. The molecule has 0 radical (unpaired) electrons. The molecule has 2 heterocycles. The van der Waals surface area contributed by atoms with Gasteiger partial charge in [0.25, 0.3) is 11.8 Å². The fourth-order valence-electron chi connectivity index (χ4n) is 3.46. The van der Waals surface area contributed by atoms with Gasteiger partial charge in [-0.2, -0.15) is 0 Å². The Balaban J connectivity index is 1.65. The highest BCUT2D eigenvalue weighted by molar-refractivity contribution is 7.10. The predicted molar refractivity (Wildman–Crippen MR) is 119 cm³/mol. The molecule has 1 aliphatic heterocycles. The molecule has 154 valence electrons. The van der Waals surface area contributed by atoms with Crippen molar-refractivity contribution in [3.05, 3.63) is 81.5 Å². The van der Waals surface area contributed by atoms with E-state index in [4.69, 9.17) is 4.74 Å². The molecule has 3 aromatic rings. The molecule has 2 N–H and O–H groups in total. The SMILES string of the molecule is CC1Oc2c(cccc2C(=O)NC(c2ccc(C(C)C)cc2)c2cccs2)NC1=O. The quantitative estimate of drug-likeness (QED) is 0.603. The fraction of sp³-hybridized carbons (Fsp3) is 0.250. The number of rotatable bonds is 5. The molecule has 0 spiro atoms. The maximum atomic E-state index is 13.3. The van der Waals surface area contributed by atoms with Crippen LogP contribution in [0.2, 0.25) is 0 Å². The molecule has 5 nitrogen and oxygen atoms in total. The van der Waals surface area contributed by atoms with Crippen LogP contribution in [-0.4, -0.2) is 17.9 Å². The third-order valence-corrected chi connectivity index (χ3v) is 6.16. The Kier molecular flexibility index (Phi) is 5.59. The van der Waals surface area contributed by atoms with Crippen LogP contribution in [0.15, 0.2) is 60.0 Å². The van der Waals surface area contributed by atoms with Crippen LogP contribution in [0.4, 0.5) is 5.69 Å². The number of benzene rings is 2. The lowest BCUT2D eigenvalue weighted by molar-refractivity contribution is -0.122. The molecule has 0 fully saturated rings. The van der Waals surface area contributed by atoms with Crippen molar-refractivity contribution in [2.24, 2.45) is 0 Å². The first-order valence-electron chi connectivity index (χ1n) is 9.98. The normalized spacial score (nSPS) is 16.4. The molecule has 2 atom stereocenters. The second kappa shape index (κ2) is 8.32. The first-order valence-corrected chi connectivity index (χ1v) is 10.9. The molecule has 1 aromatic heterocycles. The van der Waals surface area contributed by atoms with Gasteiger partial charge in [-0.3, -0.25) is 9.59 Å². The van der Waals surface area contributed by atoms with E-state index in [0.717, 1.165) is 10.4 Å². The van der Waals surface area contributed by atoms with Crippen LogP contribution in [0.5, 0.6) is 5.75 Å². The fourth-order valence-corrected chi connectivity index (χ4v) is 4.26. The number of fused-ring (bicyclic) bond motifs is 1. The summed E-state index contributed by atoms with van der Waals surface area (Å²) in [7, 11) is 0. The number of thiophene rings is 1. The lowest BCUT2D eigenvalue weighted by atomic mass is 9.98. The Morgan fingerprint density at radius 3 is 2.47 bits per heavy atom. The van der Waals surface area contributed by atoms with Crippen molar-refractivity contribution in [2.75, 3.05) is 5.32 Å². The van der Waals surface area contributed by atoms with Crippen LogP contribution in [-0.2, 0) is 4.79 Å². The Morgan fingerprint density at radius 1 is 1.07 bits per heavy atom. The summed E-state index contributed by atoms with van der Waals surface area (Å²) in [5.41, 5.74) is 3.19. The molecule has 0 aliphatic carbocycles. The highest BCUT2D eigenvalue weighted by atomic mass is 32.1. The first-order chi connectivity index (χ1) is 14.4. The standard InChI is InChI=1S/C24H24N2O3S/c1-14(2)16-9-11-17(12-10-16)21(20-8-5-13-30-20)26-24(28)18-6-4-7-19-22(18)29-15(3)23(27)25-19/h4-15,21H,1-3H3,(H,25,27)(H,26,28). The maximum absolute atomic E-state index is 13.3. The van der Waals surface area contributed by atoms with Gasteiger partial charge in [-0.15, -0.1) is 11.3 Å². The van der Waals surface area contributed by atoms with E-state index in [1.165, 1.54) is 5.56 Å². The zero-order valence-electron chi connectivity index (χ0n) is 17.1. The molecule has 2 amide bonds. The summed E-state index contributed by atoms with van der Waals surface area (Å²) in [5.74, 6) is 0.379. The van der Waals surface area contributed by atoms with E-state index in [1.54, 1.807) is 36.5 Å². The molecule has 1 aliphatic rings. The number of carbonyl (C=O) groups is 2. The molecule has 6 heteroatoms. The highest BCUT2D eigenvalue weighted by Crippen LogP contribution is 2.34. The lowest BCUT2D eigenvalue weighted by Crippen LogP contribution is -2.36. The van der Waals surface area contributed by atoms with E-state index in [-0.39, 0.29) is 17.9 Å². The second-order valence-corrected chi connectivity index (χ2v) is 8.65. The van der Waals surface area contributed by atoms with Crippen molar-refractivity contribution in [1.82, 2.24) is 5.32 Å². The van der Waals surface area contributed by atoms with Gasteiger partial charge in [-0.1, -0.05) is 50.2 Å². The molecule has 2 unspecified atom stereocenters. The zero-order chi connectivity index (χ0) is 21.3. The van der Waals surface area contributed by atoms with Crippen molar-refractivity contribution >= 4 is 28.8 Å². The molecule has 0 bridgehead atoms. The van der Waals surface area contributed by atoms with E-state index in [2.05, 4.69) is 48.7 Å². The van der Waals surface area contributed by atoms with Gasteiger partial charge < -0.3 is 15.4 Å². The van der Waals surface area contributed by atoms with Crippen LogP contribution in [0.1, 0.15) is 59.1 Å². The molecule has 4 rings (SSSR count). The Bertz CT molecular complexity index is 1060. The molecule has 0 saturated carbocycles. The van der Waals surface area contributed by atoms with Gasteiger partial charge in [0.1, 0.15) is 0 Å². The summed E-state index contributed by atoms with van der Waals surface area (Å²) in [6.45, 7) is 5.98. The number of anilines is 1. The van der Waals surface area contributed by atoms with Crippen LogP contribution >= 0.6 is 11.3 Å². The monoisotopic (exact) mass is 420 g/mol. The van der Waals surface area contributed by atoms with Crippen LogP contribution in [0.25, 0.3) is 0 Å². The van der Waals surface area contributed by atoms with E-state index < -0.39 is 6.10 Å². The van der Waals surface area contributed by atoms with Crippen molar-refractivity contribution in [3.63, 3.8) is 0 Å². The van der Waals surface area contributed by atoms with E-state index in [1.807, 2.05) is 17.5 Å². The molecular formula is C24H24N2O3S. The van der Waals surface area contributed by atoms with E-state index in [0.29, 0.717) is 22.9 Å². The third kappa shape index (κ3) is 3.96. The number of hydrogen-bond donors (Lipinski definition) is 2. The average molecular weight is 421 g/mol. The van der Waals surface area contributed by atoms with Crippen molar-refractivity contribution in [2.45, 2.75) is 38.8 Å². The number of amides is 2. The molecule has 0 saturated heterocycles. The van der Waals surface area contributed by atoms with Gasteiger partial charge in [0.15, 0.2) is 11.9 Å². The lowest BCUT2D eigenvalue weighted by Gasteiger charge is -2.26. The zero-order valence-corrected chi connectivity index (χ0v) is 18.0. The van der Waals surface area contributed by atoms with Crippen molar-refractivity contribution < 1.29 is 14.3 Å². The largest absolute Gasteiger partial charge is 0.478 e. The minimum atomic E-state index is -0.650. The maximum Gasteiger partial charge on any atom is 0.265 e. The van der Waals surface area contributed by atoms with E-state index >= 15 is 0 Å². The number of para-hydroxylation sites is 1. The minimum absolute atomic E-state index is 0.221. The van der Waals surface area contributed by atoms with Crippen LogP contribution in [0.3, 0.4) is 0 Å². The molecule has 30 heavy (non-hydrogen) atoms. The number of hydrogen-bond acceptors (Lipinski definition) is 4. The third-order valence-electron chi connectivity index (χ3n) is 5.22. The first kappa shape index (κ1) is 20.2. The topological polar surface area (TPSA) is 67.4 Å². The van der Waals surface area contributed by atoms with Crippen LogP contribution < -0.4 is 15.4 Å². The van der Waals surface area contributed by atoms with Gasteiger partial charge in [0.2, 0.25) is 0 Å². The summed E-state index contributed by atoms with van der Waals surface area (Å²) in [6.07, 6.45) is -0.650. The van der Waals surface area contributed by atoms with Gasteiger partial charge in [-0.05, 0) is 47.5 Å². The minimum Gasteiger partial charge on any atom is -0.478 e. The van der Waals surface area contributed by atoms with Gasteiger partial charge in [0.05, 0.1) is 17.3 Å². The van der Waals surface area contributed by atoms with Crippen molar-refractivity contribution in [1.29, 1.82) is 0 Å². The summed E-state index contributed by atoms with van der Waals surface area (Å²) >= 11 is 1.60. The van der Waals surface area contributed by atoms with Crippen LogP contribution in [0, 0.1) is 0 Å². The summed E-state index contributed by atoms with van der Waals surface area (Å²) < 4.78 is 5.75. The summed E-state index contributed by atoms with van der Waals surface area (Å²) in [5, 5.41) is 7.95. The van der Waals surface area contributed by atoms with E-state index in [9.17, 15) is 9.59 Å². The predicted octanol–water partition coefficient (Wildman–Crippen LogP) is 5.11. The summed E-state index contributed by atoms with van der Waals surface area (Å²) in [6, 6.07) is 17.3. The second-order valence-electron chi connectivity index (χ2n) is 7.67. The Hall–Kier alpha value is -3.12. The average Bonchev–Trinajstić information content (AvgIpc) is 3.27. The van der Waals surface area contributed by atoms with Gasteiger partial charge in [-0.25, -0.2) is 0 Å². The Labute approximate surface area is 180 Å². The van der Waals surface area contributed by atoms with Gasteiger partial charge >= 0.3 is 0 Å². The summed E-state index contributed by atoms with van der Waals surface area (Å²) in [4.78, 5) is 26.2.